The second kappa shape index (κ2) is 12.9. The van der Waals surface area contributed by atoms with Crippen LogP contribution in [0.4, 0.5) is 0 Å². The molecule has 8 heteroatoms. The number of methoxy groups -OCH3 is 1. The number of ether oxygens (including phenoxy) is 3. The largest absolute Gasteiger partial charge is 0.493 e. The van der Waals surface area contributed by atoms with Gasteiger partial charge in [0.15, 0.2) is 17.5 Å². The standard InChI is InChI=1S/C22H35N3O3S.HI/c1-23-21(25-16-22(29-3)11-13-27-14-12-22)24-15-17-7-6-10-19(26-2)20(17)28-18-8-4-5-9-18;/h6-7,10,18H,4-5,8-9,11-16H2,1-3H3,(H2,23,24,25);1H. The highest BCUT2D eigenvalue weighted by Crippen LogP contribution is 2.35. The number of nitrogens with one attached hydrogen (secondary N) is 2. The third-order valence-corrected chi connectivity index (χ3v) is 7.37. The Morgan fingerprint density at radius 1 is 1.23 bits per heavy atom. The summed E-state index contributed by atoms with van der Waals surface area (Å²) in [5.74, 6) is 2.46. The van der Waals surface area contributed by atoms with E-state index < -0.39 is 0 Å². The highest BCUT2D eigenvalue weighted by atomic mass is 127. The number of thioether (sulfide) groups is 1. The minimum atomic E-state index is 0. The lowest BCUT2D eigenvalue weighted by Gasteiger charge is -2.36. The Kier molecular flexibility index (Phi) is 10.9. The number of para-hydroxylation sites is 1. The Bertz CT molecular complexity index is 678. The molecule has 6 nitrogen and oxygen atoms in total. The lowest BCUT2D eigenvalue weighted by molar-refractivity contribution is 0.0783. The number of guanidine groups is 1. The minimum Gasteiger partial charge on any atom is -0.493 e. The lowest BCUT2D eigenvalue weighted by atomic mass is 9.99. The van der Waals surface area contributed by atoms with Gasteiger partial charge >= 0.3 is 0 Å². The number of hydrogen-bond acceptors (Lipinski definition) is 5. The fraction of sp³-hybridized carbons (Fsp3) is 0.682. The van der Waals surface area contributed by atoms with Crippen LogP contribution in [0.25, 0.3) is 0 Å². The van der Waals surface area contributed by atoms with Gasteiger partial charge in [-0.05, 0) is 50.8 Å². The predicted octanol–water partition coefficient (Wildman–Crippen LogP) is 4.21. The maximum Gasteiger partial charge on any atom is 0.191 e. The number of hydrogen-bond donors (Lipinski definition) is 2. The highest BCUT2D eigenvalue weighted by Gasteiger charge is 2.31. The molecule has 1 aliphatic heterocycles. The first kappa shape index (κ1) is 25.4. The van der Waals surface area contributed by atoms with Gasteiger partial charge in [-0.25, -0.2) is 0 Å². The zero-order chi connectivity index (χ0) is 20.5. The molecule has 3 rings (SSSR count). The summed E-state index contributed by atoms with van der Waals surface area (Å²) in [6.07, 6.45) is 9.33. The molecule has 2 N–H and O–H groups in total. The van der Waals surface area contributed by atoms with Crippen LogP contribution in [0.3, 0.4) is 0 Å². The SMILES string of the molecule is CN=C(NCc1cccc(OC)c1OC1CCCC1)NCC1(SC)CCOCC1.I. The quantitative estimate of drug-likeness (QED) is 0.288. The Balaban J connectivity index is 0.00000320. The van der Waals surface area contributed by atoms with E-state index in [1.165, 1.54) is 12.8 Å². The maximum atomic E-state index is 6.34. The Morgan fingerprint density at radius 2 is 1.97 bits per heavy atom. The molecule has 1 aromatic carbocycles. The molecule has 0 atom stereocenters. The summed E-state index contributed by atoms with van der Waals surface area (Å²) in [4.78, 5) is 4.41. The van der Waals surface area contributed by atoms with Crippen molar-refractivity contribution in [3.05, 3.63) is 23.8 Å². The fourth-order valence-corrected chi connectivity index (χ4v) is 4.80. The van der Waals surface area contributed by atoms with Crippen LogP contribution in [-0.2, 0) is 11.3 Å². The zero-order valence-corrected chi connectivity index (χ0v) is 21.5. The van der Waals surface area contributed by atoms with Crippen LogP contribution >= 0.6 is 35.7 Å². The maximum absolute atomic E-state index is 6.34. The molecule has 0 radical (unpaired) electrons. The summed E-state index contributed by atoms with van der Waals surface area (Å²) in [7, 11) is 3.51. The summed E-state index contributed by atoms with van der Waals surface area (Å²) < 4.78 is 17.7. The number of rotatable bonds is 8. The van der Waals surface area contributed by atoms with Crippen LogP contribution in [-0.4, -0.2) is 57.0 Å². The first-order valence-corrected chi connectivity index (χ1v) is 11.8. The minimum absolute atomic E-state index is 0. The van der Waals surface area contributed by atoms with Crippen molar-refractivity contribution in [2.45, 2.75) is 55.9 Å². The molecular weight excluding hydrogens is 513 g/mol. The van der Waals surface area contributed by atoms with Crippen molar-refractivity contribution >= 4 is 41.7 Å². The molecule has 30 heavy (non-hydrogen) atoms. The van der Waals surface area contributed by atoms with Crippen LogP contribution < -0.4 is 20.1 Å². The molecule has 1 saturated heterocycles. The van der Waals surface area contributed by atoms with Gasteiger partial charge in [-0.1, -0.05) is 12.1 Å². The first-order valence-electron chi connectivity index (χ1n) is 10.6. The number of halogens is 1. The average Bonchev–Trinajstić information content (AvgIpc) is 3.28. The van der Waals surface area contributed by atoms with Gasteiger partial charge in [0, 0.05) is 43.7 Å². The van der Waals surface area contributed by atoms with E-state index in [0.29, 0.717) is 6.54 Å². The predicted molar refractivity (Wildman–Crippen MR) is 136 cm³/mol. The van der Waals surface area contributed by atoms with Gasteiger partial charge in [-0.3, -0.25) is 4.99 Å². The Morgan fingerprint density at radius 3 is 2.60 bits per heavy atom. The molecular formula is C22H36IN3O3S. The fourth-order valence-electron chi connectivity index (χ4n) is 4.01. The van der Waals surface area contributed by atoms with Crippen molar-refractivity contribution in [1.82, 2.24) is 10.6 Å². The van der Waals surface area contributed by atoms with E-state index in [1.807, 2.05) is 30.9 Å². The van der Waals surface area contributed by atoms with E-state index in [0.717, 1.165) is 68.5 Å². The van der Waals surface area contributed by atoms with Gasteiger partial charge in [0.2, 0.25) is 0 Å². The van der Waals surface area contributed by atoms with Gasteiger partial charge in [0.1, 0.15) is 0 Å². The molecule has 1 aromatic rings. The van der Waals surface area contributed by atoms with Crippen molar-refractivity contribution in [3.8, 4) is 11.5 Å². The van der Waals surface area contributed by atoms with E-state index in [-0.39, 0.29) is 34.8 Å². The summed E-state index contributed by atoms with van der Waals surface area (Å²) in [6.45, 7) is 3.18. The molecule has 0 spiro atoms. The topological polar surface area (TPSA) is 64.1 Å². The second-order valence-corrected chi connectivity index (χ2v) is 9.03. The molecule has 1 aliphatic carbocycles. The number of benzene rings is 1. The Labute approximate surface area is 202 Å². The molecule has 2 fully saturated rings. The smallest absolute Gasteiger partial charge is 0.191 e. The van der Waals surface area contributed by atoms with Gasteiger partial charge < -0.3 is 24.8 Å². The van der Waals surface area contributed by atoms with E-state index in [2.05, 4.69) is 27.9 Å². The van der Waals surface area contributed by atoms with E-state index in [9.17, 15) is 0 Å². The van der Waals surface area contributed by atoms with Gasteiger partial charge in [-0.15, -0.1) is 24.0 Å². The van der Waals surface area contributed by atoms with E-state index >= 15 is 0 Å². The van der Waals surface area contributed by atoms with Crippen LogP contribution in [0.1, 0.15) is 44.1 Å². The first-order chi connectivity index (χ1) is 14.2. The molecule has 0 bridgehead atoms. The van der Waals surface area contributed by atoms with Crippen LogP contribution in [0, 0.1) is 0 Å². The van der Waals surface area contributed by atoms with Crippen LogP contribution in [0.5, 0.6) is 11.5 Å². The zero-order valence-electron chi connectivity index (χ0n) is 18.4. The van der Waals surface area contributed by atoms with Gasteiger partial charge in [0.25, 0.3) is 0 Å². The van der Waals surface area contributed by atoms with Gasteiger partial charge in [0.05, 0.1) is 13.2 Å². The molecule has 0 aromatic heterocycles. The third-order valence-electron chi connectivity index (χ3n) is 5.95. The average molecular weight is 550 g/mol. The molecule has 2 aliphatic rings. The highest BCUT2D eigenvalue weighted by molar-refractivity contribution is 14.0. The summed E-state index contributed by atoms with van der Waals surface area (Å²) in [5.41, 5.74) is 1.09. The lowest BCUT2D eigenvalue weighted by Crippen LogP contribution is -2.47. The van der Waals surface area contributed by atoms with E-state index in [1.54, 1.807) is 7.11 Å². The Hall–Kier alpha value is -0.870. The summed E-state index contributed by atoms with van der Waals surface area (Å²) >= 11 is 1.92. The number of aliphatic imine (C=N–C) groups is 1. The normalized spacial score (nSPS) is 19.1. The molecule has 1 saturated carbocycles. The third kappa shape index (κ3) is 6.82. The second-order valence-electron chi connectivity index (χ2n) is 7.75. The molecule has 0 unspecified atom stereocenters. The van der Waals surface area contributed by atoms with Crippen molar-refractivity contribution in [1.29, 1.82) is 0 Å². The summed E-state index contributed by atoms with van der Waals surface area (Å²) in [6, 6.07) is 6.07. The van der Waals surface area contributed by atoms with Gasteiger partial charge in [-0.2, -0.15) is 11.8 Å². The molecule has 0 amide bonds. The van der Waals surface area contributed by atoms with Crippen molar-refractivity contribution < 1.29 is 14.2 Å². The van der Waals surface area contributed by atoms with Crippen molar-refractivity contribution in [2.75, 3.05) is 40.2 Å². The van der Waals surface area contributed by atoms with Crippen molar-refractivity contribution in [3.63, 3.8) is 0 Å². The molecule has 1 heterocycles. The van der Waals surface area contributed by atoms with Crippen LogP contribution in [0.2, 0.25) is 0 Å². The van der Waals surface area contributed by atoms with Crippen molar-refractivity contribution in [2.24, 2.45) is 4.99 Å². The van der Waals surface area contributed by atoms with E-state index in [4.69, 9.17) is 14.2 Å². The number of nitrogens with zero attached hydrogens (tertiary/aromatic N) is 1. The summed E-state index contributed by atoms with van der Waals surface area (Å²) in [5, 5.41) is 6.96. The monoisotopic (exact) mass is 549 g/mol. The van der Waals surface area contributed by atoms with Crippen LogP contribution in [0.15, 0.2) is 23.2 Å². The molecule has 170 valence electrons.